The van der Waals surface area contributed by atoms with Gasteiger partial charge in [0, 0.05) is 31.4 Å². The van der Waals surface area contributed by atoms with Gasteiger partial charge in [-0.25, -0.2) is 0 Å². The highest BCUT2D eigenvalue weighted by Gasteiger charge is 2.27. The summed E-state index contributed by atoms with van der Waals surface area (Å²) in [5, 5.41) is 3.55. The molecule has 5 nitrogen and oxygen atoms in total. The van der Waals surface area contributed by atoms with Gasteiger partial charge in [0.1, 0.15) is 6.10 Å². The molecule has 0 spiro atoms. The minimum Gasteiger partial charge on any atom is -0.382 e. The third-order valence-electron chi connectivity index (χ3n) is 4.86. The van der Waals surface area contributed by atoms with Crippen molar-refractivity contribution >= 4 is 11.6 Å². The van der Waals surface area contributed by atoms with E-state index in [2.05, 4.69) is 17.4 Å². The lowest BCUT2D eigenvalue weighted by Crippen LogP contribution is -2.46. The van der Waals surface area contributed by atoms with Crippen molar-refractivity contribution in [1.29, 1.82) is 0 Å². The van der Waals surface area contributed by atoms with E-state index in [0.29, 0.717) is 12.6 Å². The van der Waals surface area contributed by atoms with E-state index >= 15 is 0 Å². The summed E-state index contributed by atoms with van der Waals surface area (Å²) in [5.74, 6) is 0.103. The summed E-state index contributed by atoms with van der Waals surface area (Å²) in [6.45, 7) is 4.77. The SMILES string of the molecule is CC(OCC1CCCO1)C(=O)N1CCC(Nc2ccccc2)CC1. The summed E-state index contributed by atoms with van der Waals surface area (Å²) in [5.41, 5.74) is 1.15. The predicted molar refractivity (Wildman–Crippen MR) is 94.1 cm³/mol. The number of nitrogens with zero attached hydrogens (tertiary/aromatic N) is 1. The van der Waals surface area contributed by atoms with Gasteiger partial charge >= 0.3 is 0 Å². The van der Waals surface area contributed by atoms with Crippen LogP contribution in [-0.2, 0) is 14.3 Å². The van der Waals surface area contributed by atoms with Gasteiger partial charge in [0.25, 0.3) is 5.91 Å². The normalized spacial score (nSPS) is 23.2. The summed E-state index contributed by atoms with van der Waals surface area (Å²) >= 11 is 0. The first-order valence-corrected chi connectivity index (χ1v) is 9.06. The van der Waals surface area contributed by atoms with E-state index in [9.17, 15) is 4.79 Å². The van der Waals surface area contributed by atoms with Crippen LogP contribution < -0.4 is 5.32 Å². The quantitative estimate of drug-likeness (QED) is 0.870. The van der Waals surface area contributed by atoms with Gasteiger partial charge in [0.2, 0.25) is 0 Å². The zero-order chi connectivity index (χ0) is 16.8. The molecule has 2 fully saturated rings. The van der Waals surface area contributed by atoms with Crippen LogP contribution in [0.5, 0.6) is 0 Å². The number of piperidine rings is 1. The summed E-state index contributed by atoms with van der Waals surface area (Å²) < 4.78 is 11.3. The fraction of sp³-hybridized carbons (Fsp3) is 0.632. The third-order valence-corrected chi connectivity index (χ3v) is 4.86. The van der Waals surface area contributed by atoms with Crippen molar-refractivity contribution in [3.8, 4) is 0 Å². The Labute approximate surface area is 144 Å². The average Bonchev–Trinajstić information content (AvgIpc) is 3.14. The second-order valence-electron chi connectivity index (χ2n) is 6.72. The predicted octanol–water partition coefficient (Wildman–Crippen LogP) is 2.67. The summed E-state index contributed by atoms with van der Waals surface area (Å²) in [6, 6.07) is 10.7. The van der Waals surface area contributed by atoms with Crippen molar-refractivity contribution in [2.45, 2.75) is 50.9 Å². The number of hydrogen-bond donors (Lipinski definition) is 1. The first kappa shape index (κ1) is 17.2. The molecule has 1 aromatic rings. The van der Waals surface area contributed by atoms with Crippen LogP contribution in [0.4, 0.5) is 5.69 Å². The Bertz CT molecular complexity index is 509. The van der Waals surface area contributed by atoms with Crippen molar-refractivity contribution in [2.75, 3.05) is 31.6 Å². The molecule has 2 aliphatic rings. The molecular weight excluding hydrogens is 304 g/mol. The number of ether oxygens (including phenoxy) is 2. The minimum atomic E-state index is -0.382. The molecule has 1 N–H and O–H groups in total. The van der Waals surface area contributed by atoms with Crippen molar-refractivity contribution in [3.05, 3.63) is 30.3 Å². The van der Waals surface area contributed by atoms with Crippen LogP contribution in [0, 0.1) is 0 Å². The highest BCUT2D eigenvalue weighted by atomic mass is 16.5. The maximum Gasteiger partial charge on any atom is 0.251 e. The van der Waals surface area contributed by atoms with Crippen molar-refractivity contribution in [2.24, 2.45) is 0 Å². The molecule has 24 heavy (non-hydrogen) atoms. The zero-order valence-corrected chi connectivity index (χ0v) is 14.4. The summed E-state index contributed by atoms with van der Waals surface area (Å²) in [4.78, 5) is 14.4. The molecule has 2 heterocycles. The van der Waals surface area contributed by atoms with E-state index < -0.39 is 0 Å². The number of hydrogen-bond acceptors (Lipinski definition) is 4. The van der Waals surface area contributed by atoms with Crippen LogP contribution in [0.15, 0.2) is 30.3 Å². The van der Waals surface area contributed by atoms with Crippen LogP contribution in [0.2, 0.25) is 0 Å². The topological polar surface area (TPSA) is 50.8 Å². The molecule has 1 aromatic carbocycles. The number of benzene rings is 1. The zero-order valence-electron chi connectivity index (χ0n) is 14.4. The fourth-order valence-electron chi connectivity index (χ4n) is 3.37. The number of carbonyl (C=O) groups excluding carboxylic acids is 1. The third kappa shape index (κ3) is 4.71. The Hall–Kier alpha value is -1.59. The molecule has 0 bridgehead atoms. The van der Waals surface area contributed by atoms with Gasteiger partial charge in [-0.15, -0.1) is 0 Å². The summed E-state index contributed by atoms with van der Waals surface area (Å²) in [6.07, 6.45) is 3.86. The van der Waals surface area contributed by atoms with Crippen LogP contribution in [0.25, 0.3) is 0 Å². The van der Waals surface area contributed by atoms with Crippen LogP contribution in [0.3, 0.4) is 0 Å². The van der Waals surface area contributed by atoms with Gasteiger partial charge in [0.15, 0.2) is 0 Å². The van der Waals surface area contributed by atoms with Gasteiger partial charge in [-0.05, 0) is 44.7 Å². The molecule has 0 saturated carbocycles. The molecule has 2 atom stereocenters. The monoisotopic (exact) mass is 332 g/mol. The molecular formula is C19H28N2O3. The lowest BCUT2D eigenvalue weighted by Gasteiger charge is -2.34. The number of carbonyl (C=O) groups is 1. The van der Waals surface area contributed by atoms with E-state index in [4.69, 9.17) is 9.47 Å². The highest BCUT2D eigenvalue weighted by molar-refractivity contribution is 5.80. The Kier molecular flexibility index (Phi) is 6.10. The fourth-order valence-corrected chi connectivity index (χ4v) is 3.37. The van der Waals surface area contributed by atoms with Crippen molar-refractivity contribution in [1.82, 2.24) is 4.90 Å². The number of anilines is 1. The maximum atomic E-state index is 12.5. The molecule has 132 valence electrons. The van der Waals surface area contributed by atoms with Gasteiger partial charge in [-0.1, -0.05) is 18.2 Å². The van der Waals surface area contributed by atoms with Crippen molar-refractivity contribution in [3.63, 3.8) is 0 Å². The number of likely N-dealkylation sites (tertiary alicyclic amines) is 1. The molecule has 2 saturated heterocycles. The standard InChI is InChI=1S/C19H28N2O3/c1-15(24-14-18-8-5-13-23-18)19(22)21-11-9-17(10-12-21)20-16-6-3-2-4-7-16/h2-4,6-7,15,17-18,20H,5,8-14H2,1H3. The highest BCUT2D eigenvalue weighted by Crippen LogP contribution is 2.18. The van der Waals surface area contributed by atoms with Gasteiger partial charge in [0.05, 0.1) is 12.7 Å². The van der Waals surface area contributed by atoms with Crippen molar-refractivity contribution < 1.29 is 14.3 Å². The molecule has 1 amide bonds. The van der Waals surface area contributed by atoms with Gasteiger partial charge in [-0.2, -0.15) is 0 Å². The van der Waals surface area contributed by atoms with Gasteiger partial charge in [-0.3, -0.25) is 4.79 Å². The lowest BCUT2D eigenvalue weighted by atomic mass is 10.0. The van der Waals surface area contributed by atoms with E-state index in [1.165, 1.54) is 0 Å². The number of para-hydroxylation sites is 1. The molecule has 0 aliphatic carbocycles. The minimum absolute atomic E-state index is 0.103. The van der Waals surface area contributed by atoms with Gasteiger partial charge < -0.3 is 19.7 Å². The first-order chi connectivity index (χ1) is 11.7. The maximum absolute atomic E-state index is 12.5. The Balaban J connectivity index is 1.39. The van der Waals surface area contributed by atoms with Crippen LogP contribution in [-0.4, -0.2) is 55.4 Å². The van der Waals surface area contributed by atoms with Crippen LogP contribution in [0.1, 0.15) is 32.6 Å². The molecule has 2 unspecified atom stereocenters. The molecule has 5 heteroatoms. The number of amides is 1. The number of rotatable bonds is 6. The molecule has 2 aliphatic heterocycles. The second kappa shape index (κ2) is 8.49. The van der Waals surface area contributed by atoms with E-state index in [1.807, 2.05) is 30.0 Å². The largest absolute Gasteiger partial charge is 0.382 e. The lowest BCUT2D eigenvalue weighted by molar-refractivity contribution is -0.145. The summed E-state index contributed by atoms with van der Waals surface area (Å²) in [7, 11) is 0. The van der Waals surface area contributed by atoms with E-state index in [1.54, 1.807) is 0 Å². The molecule has 3 rings (SSSR count). The smallest absolute Gasteiger partial charge is 0.251 e. The average molecular weight is 332 g/mol. The van der Waals surface area contributed by atoms with E-state index in [-0.39, 0.29) is 18.1 Å². The Morgan fingerprint density at radius 1 is 1.29 bits per heavy atom. The molecule has 0 aromatic heterocycles. The Morgan fingerprint density at radius 3 is 2.71 bits per heavy atom. The van der Waals surface area contributed by atoms with E-state index in [0.717, 1.165) is 51.1 Å². The molecule has 0 radical (unpaired) electrons. The Morgan fingerprint density at radius 2 is 2.04 bits per heavy atom. The second-order valence-corrected chi connectivity index (χ2v) is 6.72. The van der Waals surface area contributed by atoms with Crippen LogP contribution >= 0.6 is 0 Å². The first-order valence-electron chi connectivity index (χ1n) is 9.06. The number of nitrogens with one attached hydrogen (secondary N) is 1.